The highest BCUT2D eigenvalue weighted by atomic mass is 16.5. The fraction of sp³-hybridized carbons (Fsp3) is 0.0750. The summed E-state index contributed by atoms with van der Waals surface area (Å²) in [6.45, 7) is 0. The van der Waals surface area contributed by atoms with Crippen LogP contribution < -0.4 is 35.9 Å². The third-order valence-corrected chi connectivity index (χ3v) is 8.08. The predicted molar refractivity (Wildman–Crippen MR) is 186 cm³/mol. The third kappa shape index (κ3) is 6.82. The van der Waals surface area contributed by atoms with Crippen LogP contribution in [0.2, 0.25) is 0 Å². The van der Waals surface area contributed by atoms with Crippen molar-refractivity contribution < 1.29 is 14.0 Å². The Balaban J connectivity index is 0.000000182. The first-order valence-corrected chi connectivity index (χ1v) is 14.9. The Labute approximate surface area is 261 Å². The molecule has 0 atom stereocenters. The topological polar surface area (TPSA) is 22.3 Å². The van der Waals surface area contributed by atoms with Crippen molar-refractivity contribution in [3.05, 3.63) is 175 Å². The van der Waals surface area contributed by atoms with E-state index in [1.807, 2.05) is 42.2 Å². The van der Waals surface area contributed by atoms with E-state index in [0.29, 0.717) is 0 Å². The summed E-state index contributed by atoms with van der Waals surface area (Å²) in [6, 6.07) is 53.5. The van der Waals surface area contributed by atoms with Crippen LogP contribution in [-0.4, -0.2) is 20.4 Å². The molecule has 5 aromatic carbocycles. The van der Waals surface area contributed by atoms with Gasteiger partial charge in [0.1, 0.15) is 13.2 Å². The minimum absolute atomic E-state index is 0.740. The van der Waals surface area contributed by atoms with Gasteiger partial charge in [-0.25, -0.2) is 4.57 Å². The average Bonchev–Trinajstić information content (AvgIpc) is 3.10. The van der Waals surface area contributed by atoms with Gasteiger partial charge in [-0.15, -0.1) is 0 Å². The van der Waals surface area contributed by atoms with E-state index in [1.165, 1.54) is 21.9 Å². The Kier molecular flexibility index (Phi) is 10.1. The molecule has 0 radical (unpaired) electrons. The van der Waals surface area contributed by atoms with Crippen molar-refractivity contribution in [2.45, 2.75) is 0 Å². The lowest BCUT2D eigenvalue weighted by Crippen LogP contribution is -2.74. The van der Waals surface area contributed by atoms with Gasteiger partial charge in [0.25, 0.3) is 0 Å². The molecule has 0 N–H and O–H groups in total. The number of nitrogens with zero attached hydrogens (tertiary/aromatic N) is 1. The number of hydrogen-bond donors (Lipinski definition) is 0. The van der Waals surface area contributed by atoms with Crippen molar-refractivity contribution in [1.82, 2.24) is 0 Å². The zero-order valence-electron chi connectivity index (χ0n) is 25.6. The SMILES string of the molecule is COc1ccc(/C=C/c2cc[n+](C)cc2)cc1OC.c1ccc([B-](c2ccccc2)(c2ccccc2)c2ccccc2)cc1. The van der Waals surface area contributed by atoms with Gasteiger partial charge in [0.05, 0.1) is 14.2 Å². The largest absolute Gasteiger partial charge is 0.493 e. The van der Waals surface area contributed by atoms with Gasteiger partial charge in [0.2, 0.25) is 0 Å². The first-order valence-electron chi connectivity index (χ1n) is 14.9. The van der Waals surface area contributed by atoms with Gasteiger partial charge in [-0.3, -0.25) is 0 Å². The number of hydrogen-bond acceptors (Lipinski definition) is 2. The summed E-state index contributed by atoms with van der Waals surface area (Å²) in [5.74, 6) is 1.48. The Hall–Kier alpha value is -5.35. The molecule has 3 nitrogen and oxygen atoms in total. The maximum Gasteiger partial charge on any atom is 0.169 e. The Morgan fingerprint density at radius 2 is 0.841 bits per heavy atom. The number of aryl methyl sites for hydroxylation is 1. The lowest BCUT2D eigenvalue weighted by molar-refractivity contribution is -0.671. The van der Waals surface area contributed by atoms with Gasteiger partial charge < -0.3 is 9.47 Å². The van der Waals surface area contributed by atoms with Crippen LogP contribution in [0, 0.1) is 0 Å². The molecule has 6 rings (SSSR count). The van der Waals surface area contributed by atoms with Crippen LogP contribution in [0.5, 0.6) is 11.5 Å². The van der Waals surface area contributed by atoms with E-state index in [1.54, 1.807) is 14.2 Å². The van der Waals surface area contributed by atoms with E-state index in [-0.39, 0.29) is 0 Å². The molecule has 218 valence electrons. The maximum absolute atomic E-state index is 5.28. The Bertz CT molecular complexity index is 1590. The highest BCUT2D eigenvalue weighted by Crippen LogP contribution is 2.28. The van der Waals surface area contributed by atoms with Gasteiger partial charge in [-0.1, -0.05) is 140 Å². The number of pyridine rings is 1. The van der Waals surface area contributed by atoms with E-state index in [4.69, 9.17) is 9.47 Å². The monoisotopic (exact) mass is 575 g/mol. The summed E-state index contributed by atoms with van der Waals surface area (Å²) in [5.41, 5.74) is 7.59. The zero-order valence-corrected chi connectivity index (χ0v) is 25.6. The van der Waals surface area contributed by atoms with Crippen LogP contribution in [0.1, 0.15) is 11.1 Å². The fourth-order valence-corrected chi connectivity index (χ4v) is 5.89. The van der Waals surface area contributed by atoms with E-state index in [0.717, 1.165) is 22.6 Å². The molecular weight excluding hydrogens is 537 g/mol. The van der Waals surface area contributed by atoms with Gasteiger partial charge >= 0.3 is 0 Å². The number of ether oxygens (including phenoxy) is 2. The quantitative estimate of drug-likeness (QED) is 0.170. The first-order chi connectivity index (χ1) is 21.6. The molecule has 0 saturated heterocycles. The molecule has 44 heavy (non-hydrogen) atoms. The molecule has 0 saturated carbocycles. The lowest BCUT2D eigenvalue weighted by Gasteiger charge is -2.44. The smallest absolute Gasteiger partial charge is 0.169 e. The number of benzene rings is 5. The molecule has 1 heterocycles. The highest BCUT2D eigenvalue weighted by molar-refractivity contribution is 7.19. The van der Waals surface area contributed by atoms with Crippen molar-refractivity contribution >= 4 is 40.1 Å². The summed E-state index contributed by atoms with van der Waals surface area (Å²) < 4.78 is 12.5. The van der Waals surface area contributed by atoms with Crippen LogP contribution in [0.4, 0.5) is 0 Å². The van der Waals surface area contributed by atoms with Crippen molar-refractivity contribution in [2.24, 2.45) is 7.05 Å². The first kappa shape index (κ1) is 30.1. The molecule has 0 spiro atoms. The van der Waals surface area contributed by atoms with Gasteiger partial charge in [0, 0.05) is 12.1 Å². The standard InChI is InChI=1S/C24H20B.C16H18NO2/c1-5-13-21(14-6-1)25(22-15-7-2-8-16-22,23-17-9-3-10-18-23)24-19-11-4-12-20-24;1-17-10-8-13(9-11-17)4-5-14-6-7-15(18-2)16(12-14)19-3/h1-20H;4-12H,1-3H3/q-1;+1/b;5-4+. The molecule has 0 amide bonds. The zero-order chi connectivity index (χ0) is 30.6. The van der Waals surface area contributed by atoms with Crippen molar-refractivity contribution in [3.8, 4) is 11.5 Å². The highest BCUT2D eigenvalue weighted by Gasteiger charge is 2.31. The average molecular weight is 576 g/mol. The molecular formula is C40H38BNO2. The molecule has 0 bridgehead atoms. The van der Waals surface area contributed by atoms with Gasteiger partial charge in [-0.2, -0.15) is 21.9 Å². The normalized spacial score (nSPS) is 11.0. The van der Waals surface area contributed by atoms with Crippen LogP contribution in [0.15, 0.2) is 164 Å². The summed E-state index contributed by atoms with van der Waals surface area (Å²) in [5, 5.41) is 0. The summed E-state index contributed by atoms with van der Waals surface area (Å²) in [4.78, 5) is 0. The van der Waals surface area contributed by atoms with Crippen LogP contribution in [0.3, 0.4) is 0 Å². The van der Waals surface area contributed by atoms with Gasteiger partial charge in [0.15, 0.2) is 23.9 Å². The lowest BCUT2D eigenvalue weighted by atomic mass is 9.13. The maximum atomic E-state index is 5.28. The predicted octanol–water partition coefficient (Wildman–Crippen LogP) is 5.76. The second-order valence-corrected chi connectivity index (χ2v) is 10.8. The van der Waals surface area contributed by atoms with Crippen LogP contribution in [-0.2, 0) is 7.05 Å². The molecule has 4 heteroatoms. The molecule has 0 aliphatic heterocycles. The molecule has 0 fully saturated rings. The molecule has 1 aromatic heterocycles. The number of aromatic nitrogens is 1. The number of rotatable bonds is 8. The van der Waals surface area contributed by atoms with Crippen LogP contribution >= 0.6 is 0 Å². The molecule has 0 aliphatic rings. The van der Waals surface area contributed by atoms with E-state index in [2.05, 4.69) is 146 Å². The fourth-order valence-electron chi connectivity index (χ4n) is 5.89. The van der Waals surface area contributed by atoms with Crippen LogP contribution in [0.25, 0.3) is 12.2 Å². The van der Waals surface area contributed by atoms with Crippen molar-refractivity contribution in [2.75, 3.05) is 14.2 Å². The van der Waals surface area contributed by atoms with E-state index in [9.17, 15) is 0 Å². The molecule has 0 aliphatic carbocycles. The number of methoxy groups -OCH3 is 2. The minimum Gasteiger partial charge on any atom is -0.493 e. The van der Waals surface area contributed by atoms with Gasteiger partial charge in [-0.05, 0) is 23.3 Å². The van der Waals surface area contributed by atoms with Crippen molar-refractivity contribution in [1.29, 1.82) is 0 Å². The summed E-state index contributed by atoms with van der Waals surface area (Å²) in [6.07, 6.45) is 6.95. The van der Waals surface area contributed by atoms with E-state index >= 15 is 0 Å². The second-order valence-electron chi connectivity index (χ2n) is 10.8. The summed E-state index contributed by atoms with van der Waals surface area (Å²) >= 11 is 0. The Morgan fingerprint density at radius 3 is 1.23 bits per heavy atom. The second kappa shape index (κ2) is 14.7. The minimum atomic E-state index is -1.22. The van der Waals surface area contributed by atoms with Crippen molar-refractivity contribution in [3.63, 3.8) is 0 Å². The third-order valence-electron chi connectivity index (χ3n) is 8.08. The molecule has 6 aromatic rings. The molecule has 0 unspecified atom stereocenters. The summed E-state index contributed by atoms with van der Waals surface area (Å²) in [7, 11) is 5.28. The Morgan fingerprint density at radius 1 is 0.455 bits per heavy atom. The van der Waals surface area contributed by atoms with E-state index < -0.39 is 6.15 Å².